The highest BCUT2D eigenvalue weighted by Gasteiger charge is 2.21. The lowest BCUT2D eigenvalue weighted by Gasteiger charge is -2.24. The molecule has 0 fully saturated rings. The van der Waals surface area contributed by atoms with E-state index in [0.29, 0.717) is 17.1 Å². The minimum atomic E-state index is -0.00419. The first-order chi connectivity index (χ1) is 10.8. The second kappa shape index (κ2) is 6.63. The van der Waals surface area contributed by atoms with E-state index in [1.165, 1.54) is 0 Å². The first kappa shape index (κ1) is 14.6. The fourth-order valence-electron chi connectivity index (χ4n) is 2.49. The second-order valence-electron chi connectivity index (χ2n) is 5.10. The van der Waals surface area contributed by atoms with E-state index in [2.05, 4.69) is 6.08 Å². The summed E-state index contributed by atoms with van der Waals surface area (Å²) in [5.74, 6) is -0.00419. The van der Waals surface area contributed by atoms with Crippen LogP contribution in [0.2, 0.25) is 5.02 Å². The van der Waals surface area contributed by atoms with Crippen molar-refractivity contribution in [3.05, 3.63) is 89.0 Å². The highest BCUT2D eigenvalue weighted by atomic mass is 35.5. The standard InChI is InChI=1S/C19H16ClNO/c20-17-12-10-16(11-13-17)19(22)21-14-6-2-5-9-18(21)15-7-3-1-4-8-15/h1-5,7-13H,6,14H2. The molecule has 2 aromatic carbocycles. The largest absolute Gasteiger partial charge is 0.307 e. The molecular weight excluding hydrogens is 294 g/mol. The summed E-state index contributed by atoms with van der Waals surface area (Å²) in [6.07, 6.45) is 6.93. The maximum Gasteiger partial charge on any atom is 0.258 e. The van der Waals surface area contributed by atoms with Crippen LogP contribution >= 0.6 is 11.6 Å². The molecule has 3 heteroatoms. The van der Waals surface area contributed by atoms with Gasteiger partial charge in [0.15, 0.2) is 0 Å². The van der Waals surface area contributed by atoms with Crippen LogP contribution in [-0.2, 0) is 0 Å². The number of rotatable bonds is 2. The molecule has 2 aromatic rings. The van der Waals surface area contributed by atoms with E-state index in [1.807, 2.05) is 47.4 Å². The Morgan fingerprint density at radius 3 is 2.45 bits per heavy atom. The zero-order chi connectivity index (χ0) is 15.4. The molecule has 0 saturated heterocycles. The van der Waals surface area contributed by atoms with E-state index in [0.717, 1.165) is 17.7 Å². The first-order valence-electron chi connectivity index (χ1n) is 7.25. The van der Waals surface area contributed by atoms with Gasteiger partial charge in [0.2, 0.25) is 0 Å². The Kier molecular flexibility index (Phi) is 4.40. The smallest absolute Gasteiger partial charge is 0.258 e. The van der Waals surface area contributed by atoms with Crippen LogP contribution in [0.15, 0.2) is 72.8 Å². The van der Waals surface area contributed by atoms with Crippen molar-refractivity contribution >= 4 is 23.2 Å². The topological polar surface area (TPSA) is 20.3 Å². The Labute approximate surface area is 135 Å². The number of benzene rings is 2. The molecule has 0 bridgehead atoms. The highest BCUT2D eigenvalue weighted by molar-refractivity contribution is 6.30. The molecule has 1 aliphatic rings. The SMILES string of the molecule is O=C(c1ccc(Cl)cc1)N1CCC=CC=C1c1ccccc1. The van der Waals surface area contributed by atoms with Gasteiger partial charge in [-0.1, -0.05) is 54.1 Å². The maximum absolute atomic E-state index is 12.9. The molecule has 0 aliphatic carbocycles. The van der Waals surface area contributed by atoms with Crippen molar-refractivity contribution in [3.63, 3.8) is 0 Å². The van der Waals surface area contributed by atoms with Crippen LogP contribution in [0.5, 0.6) is 0 Å². The second-order valence-corrected chi connectivity index (χ2v) is 5.53. The predicted octanol–water partition coefficient (Wildman–Crippen LogP) is 4.78. The Morgan fingerprint density at radius 2 is 1.73 bits per heavy atom. The number of nitrogens with zero attached hydrogens (tertiary/aromatic N) is 1. The van der Waals surface area contributed by atoms with Crippen molar-refractivity contribution in [3.8, 4) is 0 Å². The van der Waals surface area contributed by atoms with Crippen LogP contribution < -0.4 is 0 Å². The quantitative estimate of drug-likeness (QED) is 0.781. The molecular formula is C19H16ClNO. The van der Waals surface area contributed by atoms with Crippen LogP contribution in [0.4, 0.5) is 0 Å². The molecule has 0 unspecified atom stereocenters. The molecule has 1 aliphatic heterocycles. The van der Waals surface area contributed by atoms with E-state index in [-0.39, 0.29) is 5.91 Å². The fraction of sp³-hybridized carbons (Fsp3) is 0.105. The van der Waals surface area contributed by atoms with Crippen LogP contribution in [0.3, 0.4) is 0 Å². The summed E-state index contributed by atoms with van der Waals surface area (Å²) in [7, 11) is 0. The molecule has 1 heterocycles. The van der Waals surface area contributed by atoms with Gasteiger partial charge in [-0.3, -0.25) is 4.79 Å². The summed E-state index contributed by atoms with van der Waals surface area (Å²) in [5, 5.41) is 0.632. The predicted molar refractivity (Wildman–Crippen MR) is 90.7 cm³/mol. The zero-order valence-corrected chi connectivity index (χ0v) is 12.8. The lowest BCUT2D eigenvalue weighted by molar-refractivity contribution is 0.0837. The van der Waals surface area contributed by atoms with Gasteiger partial charge in [-0.05, 0) is 42.3 Å². The summed E-state index contributed by atoms with van der Waals surface area (Å²) < 4.78 is 0. The molecule has 1 amide bonds. The van der Waals surface area contributed by atoms with Gasteiger partial charge in [0.1, 0.15) is 0 Å². The van der Waals surface area contributed by atoms with Crippen LogP contribution in [-0.4, -0.2) is 17.4 Å². The minimum absolute atomic E-state index is 0.00419. The van der Waals surface area contributed by atoms with Crippen LogP contribution in [0.1, 0.15) is 22.3 Å². The molecule has 0 N–H and O–H groups in total. The highest BCUT2D eigenvalue weighted by Crippen LogP contribution is 2.24. The molecule has 0 aromatic heterocycles. The van der Waals surface area contributed by atoms with Crippen molar-refractivity contribution in [2.45, 2.75) is 6.42 Å². The van der Waals surface area contributed by atoms with E-state index >= 15 is 0 Å². The number of allylic oxidation sites excluding steroid dienone is 2. The first-order valence-corrected chi connectivity index (χ1v) is 7.63. The lowest BCUT2D eigenvalue weighted by atomic mass is 10.1. The van der Waals surface area contributed by atoms with Crippen LogP contribution in [0, 0.1) is 0 Å². The van der Waals surface area contributed by atoms with Crippen molar-refractivity contribution in [1.82, 2.24) is 4.90 Å². The fourth-order valence-corrected chi connectivity index (χ4v) is 2.62. The molecule has 22 heavy (non-hydrogen) atoms. The van der Waals surface area contributed by atoms with Crippen molar-refractivity contribution < 1.29 is 4.79 Å². The van der Waals surface area contributed by atoms with Gasteiger partial charge in [0, 0.05) is 17.1 Å². The Morgan fingerprint density at radius 1 is 1.00 bits per heavy atom. The van der Waals surface area contributed by atoms with E-state index in [1.54, 1.807) is 24.3 Å². The van der Waals surface area contributed by atoms with Crippen molar-refractivity contribution in [2.24, 2.45) is 0 Å². The summed E-state index contributed by atoms with van der Waals surface area (Å²) in [4.78, 5) is 14.7. The zero-order valence-electron chi connectivity index (χ0n) is 12.1. The molecule has 0 radical (unpaired) electrons. The number of hydrogen-bond acceptors (Lipinski definition) is 1. The van der Waals surface area contributed by atoms with Gasteiger partial charge >= 0.3 is 0 Å². The Bertz CT molecular complexity index is 717. The summed E-state index contributed by atoms with van der Waals surface area (Å²) in [6, 6.07) is 17.0. The van der Waals surface area contributed by atoms with E-state index in [4.69, 9.17) is 11.6 Å². The number of halogens is 1. The van der Waals surface area contributed by atoms with Gasteiger partial charge in [-0.2, -0.15) is 0 Å². The minimum Gasteiger partial charge on any atom is -0.307 e. The summed E-state index contributed by atoms with van der Waals surface area (Å²) >= 11 is 5.91. The lowest BCUT2D eigenvalue weighted by Crippen LogP contribution is -2.30. The molecule has 0 spiro atoms. The normalized spacial score (nSPS) is 14.4. The van der Waals surface area contributed by atoms with Gasteiger partial charge in [0.25, 0.3) is 5.91 Å². The molecule has 2 nitrogen and oxygen atoms in total. The molecule has 110 valence electrons. The van der Waals surface area contributed by atoms with Gasteiger partial charge in [-0.25, -0.2) is 0 Å². The number of carbonyl (C=O) groups excluding carboxylic acids is 1. The average Bonchev–Trinajstić information content (AvgIpc) is 2.81. The van der Waals surface area contributed by atoms with Crippen molar-refractivity contribution in [2.75, 3.05) is 6.54 Å². The van der Waals surface area contributed by atoms with E-state index in [9.17, 15) is 4.79 Å². The number of hydrogen-bond donors (Lipinski definition) is 0. The number of carbonyl (C=O) groups is 1. The average molecular weight is 310 g/mol. The van der Waals surface area contributed by atoms with Gasteiger partial charge in [-0.15, -0.1) is 0 Å². The third-order valence-electron chi connectivity index (χ3n) is 3.61. The molecule has 0 saturated carbocycles. The monoisotopic (exact) mass is 309 g/mol. The third kappa shape index (κ3) is 3.12. The summed E-state index contributed by atoms with van der Waals surface area (Å²) in [6.45, 7) is 0.665. The Hall–Kier alpha value is -2.32. The molecule has 3 rings (SSSR count). The van der Waals surface area contributed by atoms with Gasteiger partial charge < -0.3 is 4.90 Å². The third-order valence-corrected chi connectivity index (χ3v) is 3.86. The Balaban J connectivity index is 1.96. The maximum atomic E-state index is 12.9. The van der Waals surface area contributed by atoms with Gasteiger partial charge in [0.05, 0.1) is 5.70 Å². The van der Waals surface area contributed by atoms with Crippen molar-refractivity contribution in [1.29, 1.82) is 0 Å². The molecule has 0 atom stereocenters. The number of amides is 1. The van der Waals surface area contributed by atoms with E-state index < -0.39 is 0 Å². The summed E-state index contributed by atoms with van der Waals surface area (Å²) in [5.41, 5.74) is 2.61. The van der Waals surface area contributed by atoms with Crippen LogP contribution in [0.25, 0.3) is 5.70 Å².